The number of rotatable bonds is 8. The highest BCUT2D eigenvalue weighted by atomic mass is 32.2. The lowest BCUT2D eigenvalue weighted by molar-refractivity contribution is 0.0247. The highest BCUT2D eigenvalue weighted by Gasteiger charge is 2.42. The van der Waals surface area contributed by atoms with Crippen LogP contribution >= 0.6 is 11.8 Å². The van der Waals surface area contributed by atoms with Gasteiger partial charge in [-0.3, -0.25) is 0 Å². The molecule has 0 aromatic carbocycles. The van der Waals surface area contributed by atoms with Crippen LogP contribution in [0.4, 0.5) is 4.79 Å². The lowest BCUT2D eigenvalue weighted by Crippen LogP contribution is -2.36. The molecule has 5 atom stereocenters. The third-order valence-corrected chi connectivity index (χ3v) is 5.74. The second-order valence-electron chi connectivity index (χ2n) is 5.92. The normalized spacial score (nSPS) is 31.6. The smallest absolute Gasteiger partial charge is 0.315 e. The topological polar surface area (TPSA) is 81.6 Å². The van der Waals surface area contributed by atoms with E-state index in [-0.39, 0.29) is 6.03 Å². The van der Waals surface area contributed by atoms with Crippen LogP contribution < -0.4 is 10.6 Å². The third kappa shape index (κ3) is 4.27. The molecule has 0 bridgehead atoms. The van der Waals surface area contributed by atoms with Gasteiger partial charge in [-0.05, 0) is 19.8 Å². The van der Waals surface area contributed by atoms with Crippen LogP contribution in [0.1, 0.15) is 45.4 Å². The van der Waals surface area contributed by atoms with Crippen molar-refractivity contribution in [3.8, 4) is 0 Å². The quantitative estimate of drug-likeness (QED) is 0.401. The molecule has 6 heteroatoms. The van der Waals surface area contributed by atoms with Crippen LogP contribution in [0.2, 0.25) is 0 Å². The molecule has 5 nitrogen and oxygen atoms in total. The summed E-state index contributed by atoms with van der Waals surface area (Å²) in [6, 6.07) is 0.612. The molecule has 0 unspecified atom stereocenters. The van der Waals surface area contributed by atoms with Crippen molar-refractivity contribution < 1.29 is 15.0 Å². The Balaban J connectivity index is 1.52. The molecule has 0 aromatic heterocycles. The Kier molecular flexibility index (Phi) is 5.99. The first-order valence-electron chi connectivity index (χ1n) is 7.62. The van der Waals surface area contributed by atoms with Gasteiger partial charge in [-0.25, -0.2) is 4.79 Å². The first kappa shape index (κ1) is 15.9. The van der Waals surface area contributed by atoms with Crippen molar-refractivity contribution in [2.24, 2.45) is 0 Å². The van der Waals surface area contributed by atoms with E-state index in [9.17, 15) is 15.0 Å². The second kappa shape index (κ2) is 7.52. The van der Waals surface area contributed by atoms with E-state index >= 15 is 0 Å². The van der Waals surface area contributed by atoms with Gasteiger partial charge in [0.1, 0.15) is 0 Å². The highest BCUT2D eigenvalue weighted by molar-refractivity contribution is 8.00. The molecule has 0 aromatic rings. The van der Waals surface area contributed by atoms with E-state index in [1.54, 1.807) is 6.92 Å². The molecular formula is C14H26N2O3S. The summed E-state index contributed by atoms with van der Waals surface area (Å²) in [6.07, 6.45) is 5.01. The van der Waals surface area contributed by atoms with Crippen LogP contribution in [0.5, 0.6) is 0 Å². The summed E-state index contributed by atoms with van der Waals surface area (Å²) in [4.78, 5) is 11.3. The summed E-state index contributed by atoms with van der Waals surface area (Å²) in [6.45, 7) is 1.63. The summed E-state index contributed by atoms with van der Waals surface area (Å²) in [5, 5.41) is 25.2. The number of fused-ring (bicyclic) bond motifs is 1. The Morgan fingerprint density at radius 3 is 2.75 bits per heavy atom. The molecule has 2 saturated heterocycles. The summed E-state index contributed by atoms with van der Waals surface area (Å²) < 4.78 is 0. The zero-order valence-electron chi connectivity index (χ0n) is 12.0. The van der Waals surface area contributed by atoms with Gasteiger partial charge in [0.15, 0.2) is 0 Å². The number of aliphatic hydroxyl groups excluding tert-OH is 2. The van der Waals surface area contributed by atoms with Crippen LogP contribution in [0.25, 0.3) is 0 Å². The molecule has 2 amide bonds. The fourth-order valence-corrected chi connectivity index (χ4v) is 4.48. The molecule has 4 N–H and O–H groups in total. The maximum atomic E-state index is 11.3. The highest BCUT2D eigenvalue weighted by Crippen LogP contribution is 2.33. The molecule has 2 aliphatic heterocycles. The molecule has 0 radical (unpaired) electrons. The predicted molar refractivity (Wildman–Crippen MR) is 80.9 cm³/mol. The molecule has 20 heavy (non-hydrogen) atoms. The van der Waals surface area contributed by atoms with Gasteiger partial charge in [0.2, 0.25) is 0 Å². The lowest BCUT2D eigenvalue weighted by atomic mass is 10.0. The van der Waals surface area contributed by atoms with Gasteiger partial charge < -0.3 is 20.8 Å². The van der Waals surface area contributed by atoms with Gasteiger partial charge >= 0.3 is 6.03 Å². The average Bonchev–Trinajstić information content (AvgIpc) is 2.93. The number of amides is 2. The summed E-state index contributed by atoms with van der Waals surface area (Å²) in [7, 11) is 0. The van der Waals surface area contributed by atoms with Crippen LogP contribution in [0.3, 0.4) is 0 Å². The van der Waals surface area contributed by atoms with Gasteiger partial charge in [0.05, 0.1) is 24.3 Å². The van der Waals surface area contributed by atoms with E-state index in [2.05, 4.69) is 10.6 Å². The first-order valence-corrected chi connectivity index (χ1v) is 8.67. The molecule has 116 valence electrons. The molecular weight excluding hydrogens is 276 g/mol. The fraction of sp³-hybridized carbons (Fsp3) is 0.929. The van der Waals surface area contributed by atoms with Crippen molar-refractivity contribution in [2.75, 3.05) is 5.75 Å². The van der Waals surface area contributed by atoms with Crippen molar-refractivity contribution in [2.45, 2.75) is 75.0 Å². The van der Waals surface area contributed by atoms with Crippen LogP contribution in [-0.4, -0.2) is 51.5 Å². The number of unbranched alkanes of at least 4 members (excludes halogenated alkanes) is 3. The van der Waals surface area contributed by atoms with Gasteiger partial charge in [-0.1, -0.05) is 25.7 Å². The van der Waals surface area contributed by atoms with E-state index in [1.165, 1.54) is 6.42 Å². The van der Waals surface area contributed by atoms with Crippen molar-refractivity contribution in [1.82, 2.24) is 10.6 Å². The van der Waals surface area contributed by atoms with E-state index < -0.39 is 12.2 Å². The average molecular weight is 302 g/mol. The number of hydrogen-bond acceptors (Lipinski definition) is 4. The Bertz CT molecular complexity index is 328. The first-order chi connectivity index (χ1) is 9.58. The number of thioether (sulfide) groups is 1. The van der Waals surface area contributed by atoms with Crippen molar-refractivity contribution >= 4 is 17.8 Å². The van der Waals surface area contributed by atoms with Crippen molar-refractivity contribution in [1.29, 1.82) is 0 Å². The predicted octanol–water partition coefficient (Wildman–Crippen LogP) is 1.23. The van der Waals surface area contributed by atoms with Crippen LogP contribution in [0.15, 0.2) is 0 Å². The molecule has 2 fully saturated rings. The maximum absolute atomic E-state index is 11.3. The Morgan fingerprint density at radius 2 is 2.00 bits per heavy atom. The molecule has 2 rings (SSSR count). The Morgan fingerprint density at radius 1 is 1.25 bits per heavy atom. The fourth-order valence-electron chi connectivity index (χ4n) is 2.94. The lowest BCUT2D eigenvalue weighted by Gasteiger charge is -2.16. The molecule has 2 aliphatic rings. The molecule has 0 spiro atoms. The minimum absolute atomic E-state index is 0.0163. The second-order valence-corrected chi connectivity index (χ2v) is 7.19. The van der Waals surface area contributed by atoms with E-state index in [0.717, 1.165) is 31.4 Å². The minimum atomic E-state index is -0.625. The monoisotopic (exact) mass is 302 g/mol. The zero-order valence-corrected chi connectivity index (χ0v) is 12.9. The maximum Gasteiger partial charge on any atom is 0.315 e. The summed E-state index contributed by atoms with van der Waals surface area (Å²) >= 11 is 1.96. The SMILES string of the molecule is C[C@@H](O)[C@H](O)CCCCCC[C@@H]1SC[C@@H]2NC(=O)N[C@@H]21. The number of urea groups is 1. The Labute approximate surface area is 124 Å². The Hall–Kier alpha value is -0.460. The molecule has 2 heterocycles. The number of carbonyl (C=O) groups is 1. The van der Waals surface area contributed by atoms with Gasteiger partial charge in [0, 0.05) is 11.0 Å². The van der Waals surface area contributed by atoms with Crippen molar-refractivity contribution in [3.05, 3.63) is 0 Å². The van der Waals surface area contributed by atoms with Gasteiger partial charge in [-0.15, -0.1) is 0 Å². The van der Waals surface area contributed by atoms with E-state index in [0.29, 0.717) is 23.8 Å². The standard InChI is InChI=1S/C14H26N2O3S/c1-9(17)11(18)6-4-2-3-5-7-12-13-10(8-20-12)15-14(19)16-13/h9-13,17-18H,2-8H2,1H3,(H2,15,16,19)/t9-,10+,11-,12+,13+/m1/s1. The molecule has 0 saturated carbocycles. The minimum Gasteiger partial charge on any atom is -0.391 e. The largest absolute Gasteiger partial charge is 0.391 e. The van der Waals surface area contributed by atoms with E-state index in [4.69, 9.17) is 0 Å². The number of hydrogen-bond donors (Lipinski definition) is 4. The van der Waals surface area contributed by atoms with Gasteiger partial charge in [-0.2, -0.15) is 11.8 Å². The summed E-state index contributed by atoms with van der Waals surface area (Å²) in [5.74, 6) is 1.02. The molecule has 0 aliphatic carbocycles. The third-order valence-electron chi connectivity index (χ3n) is 4.23. The number of aliphatic hydroxyl groups is 2. The number of carbonyl (C=O) groups excluding carboxylic acids is 1. The van der Waals surface area contributed by atoms with Crippen LogP contribution in [0, 0.1) is 0 Å². The zero-order chi connectivity index (χ0) is 14.5. The van der Waals surface area contributed by atoms with E-state index in [1.807, 2.05) is 11.8 Å². The van der Waals surface area contributed by atoms with Gasteiger partial charge in [0.25, 0.3) is 0 Å². The van der Waals surface area contributed by atoms with Crippen molar-refractivity contribution in [3.63, 3.8) is 0 Å². The number of nitrogens with one attached hydrogen (secondary N) is 2. The van der Waals surface area contributed by atoms with Crippen LogP contribution in [-0.2, 0) is 0 Å². The summed E-state index contributed by atoms with van der Waals surface area (Å²) in [5.41, 5.74) is 0.